The summed E-state index contributed by atoms with van der Waals surface area (Å²) in [6.45, 7) is 3.86. The molecule has 3 nitrogen and oxygen atoms in total. The molecule has 16 heavy (non-hydrogen) atoms. The number of aryl methyl sites for hydroxylation is 2. The highest BCUT2D eigenvalue weighted by Gasteiger charge is 2.09. The lowest BCUT2D eigenvalue weighted by Gasteiger charge is -2.06. The first kappa shape index (κ1) is 10.7. The maximum Gasteiger partial charge on any atom is 0.101 e. The predicted octanol–water partition coefficient (Wildman–Crippen LogP) is 3.01. The molecule has 2 rings (SSSR count). The molecule has 2 aromatic rings. The summed E-state index contributed by atoms with van der Waals surface area (Å²) in [6.07, 6.45) is 0. The van der Waals surface area contributed by atoms with Crippen molar-refractivity contribution < 1.29 is 0 Å². The maximum absolute atomic E-state index is 9.03. The second-order valence-corrected chi connectivity index (χ2v) is 4.05. The highest BCUT2D eigenvalue weighted by Crippen LogP contribution is 2.20. The Morgan fingerprint density at radius 2 is 2.06 bits per heavy atom. The molecule has 0 saturated heterocycles. The normalized spacial score (nSPS) is 10.1. The van der Waals surface area contributed by atoms with Gasteiger partial charge in [0.1, 0.15) is 6.07 Å². The molecule has 0 radical (unpaired) electrons. The molecule has 0 spiro atoms. The molecule has 0 aliphatic carbocycles. The monoisotopic (exact) mass is 231 g/mol. The number of hydrogen-bond donors (Lipinski definition) is 0. The van der Waals surface area contributed by atoms with Gasteiger partial charge in [0, 0.05) is 10.7 Å². The summed E-state index contributed by atoms with van der Waals surface area (Å²) in [7, 11) is 0. The van der Waals surface area contributed by atoms with E-state index in [4.69, 9.17) is 16.9 Å². The first-order valence-electron chi connectivity index (χ1n) is 4.85. The molecular weight excluding hydrogens is 222 g/mol. The molecule has 1 aromatic heterocycles. The van der Waals surface area contributed by atoms with E-state index in [1.54, 1.807) is 22.9 Å². The number of hydrogen-bond acceptors (Lipinski definition) is 2. The zero-order chi connectivity index (χ0) is 11.7. The molecule has 0 aliphatic heterocycles. The fraction of sp³-hybridized carbons (Fsp3) is 0.167. The van der Waals surface area contributed by atoms with E-state index < -0.39 is 0 Å². The number of nitriles is 1. The molecule has 1 aromatic carbocycles. The molecule has 0 fully saturated rings. The van der Waals surface area contributed by atoms with Crippen molar-refractivity contribution in [1.29, 1.82) is 5.26 Å². The zero-order valence-electron chi connectivity index (χ0n) is 9.03. The van der Waals surface area contributed by atoms with E-state index in [-0.39, 0.29) is 0 Å². The molecular formula is C12H10ClN3. The Hall–Kier alpha value is -1.79. The fourth-order valence-electron chi connectivity index (χ4n) is 1.65. The van der Waals surface area contributed by atoms with Gasteiger partial charge in [-0.25, -0.2) is 4.68 Å². The van der Waals surface area contributed by atoms with Crippen LogP contribution in [0.15, 0.2) is 24.3 Å². The van der Waals surface area contributed by atoms with Gasteiger partial charge in [0.25, 0.3) is 0 Å². The lowest BCUT2D eigenvalue weighted by Crippen LogP contribution is -2.01. The van der Waals surface area contributed by atoms with Gasteiger partial charge in [-0.3, -0.25) is 0 Å². The van der Waals surface area contributed by atoms with Crippen LogP contribution in [0.25, 0.3) is 5.69 Å². The third-order valence-electron chi connectivity index (χ3n) is 2.32. The maximum atomic E-state index is 9.03. The summed E-state index contributed by atoms with van der Waals surface area (Å²) in [5, 5.41) is 14.0. The number of aromatic nitrogens is 2. The number of nitrogens with zero attached hydrogens (tertiary/aromatic N) is 3. The molecule has 0 unspecified atom stereocenters. The number of benzene rings is 1. The highest BCUT2D eigenvalue weighted by atomic mass is 35.5. The van der Waals surface area contributed by atoms with Gasteiger partial charge in [0.15, 0.2) is 0 Å². The lowest BCUT2D eigenvalue weighted by molar-refractivity contribution is 0.831. The number of halogens is 1. The summed E-state index contributed by atoms with van der Waals surface area (Å²) in [4.78, 5) is 0. The summed E-state index contributed by atoms with van der Waals surface area (Å²) in [5.41, 5.74) is 3.19. The van der Waals surface area contributed by atoms with Crippen molar-refractivity contribution in [2.75, 3.05) is 0 Å². The van der Waals surface area contributed by atoms with Crippen LogP contribution in [0, 0.1) is 25.2 Å². The SMILES string of the molecule is Cc1cc(C)n(-c2cc(Cl)ccc2C#N)n1. The Kier molecular flexibility index (Phi) is 2.67. The highest BCUT2D eigenvalue weighted by molar-refractivity contribution is 6.30. The third-order valence-corrected chi connectivity index (χ3v) is 2.55. The molecule has 0 saturated carbocycles. The molecule has 1 heterocycles. The molecule has 0 aliphatic rings. The van der Waals surface area contributed by atoms with Crippen LogP contribution in [0.1, 0.15) is 17.0 Å². The fourth-order valence-corrected chi connectivity index (χ4v) is 1.81. The molecule has 0 bridgehead atoms. The van der Waals surface area contributed by atoms with Gasteiger partial charge in [0.2, 0.25) is 0 Å². The van der Waals surface area contributed by atoms with Crippen LogP contribution in [-0.4, -0.2) is 9.78 Å². The van der Waals surface area contributed by atoms with E-state index in [1.165, 1.54) is 0 Å². The van der Waals surface area contributed by atoms with Crippen LogP contribution >= 0.6 is 11.6 Å². The van der Waals surface area contributed by atoms with Crippen LogP contribution < -0.4 is 0 Å². The Bertz CT molecular complexity index is 578. The number of rotatable bonds is 1. The topological polar surface area (TPSA) is 41.6 Å². The van der Waals surface area contributed by atoms with Crippen molar-refractivity contribution in [3.05, 3.63) is 46.2 Å². The van der Waals surface area contributed by atoms with Crippen LogP contribution in [-0.2, 0) is 0 Å². The molecule has 4 heteroatoms. The molecule has 0 amide bonds. The van der Waals surface area contributed by atoms with Crippen LogP contribution in [0.2, 0.25) is 5.02 Å². The largest absolute Gasteiger partial charge is 0.236 e. The van der Waals surface area contributed by atoms with Gasteiger partial charge < -0.3 is 0 Å². The minimum atomic E-state index is 0.565. The van der Waals surface area contributed by atoms with Crippen molar-refractivity contribution in [1.82, 2.24) is 9.78 Å². The minimum Gasteiger partial charge on any atom is -0.236 e. The van der Waals surface area contributed by atoms with E-state index in [9.17, 15) is 0 Å². The van der Waals surface area contributed by atoms with Crippen molar-refractivity contribution in [3.8, 4) is 11.8 Å². The Labute approximate surface area is 98.9 Å². The summed E-state index contributed by atoms with van der Waals surface area (Å²) in [6, 6.07) is 9.25. The average molecular weight is 232 g/mol. The van der Waals surface area contributed by atoms with Crippen LogP contribution in [0.5, 0.6) is 0 Å². The third kappa shape index (κ3) is 1.80. The lowest BCUT2D eigenvalue weighted by atomic mass is 10.2. The standard InChI is InChI=1S/C12H10ClN3/c1-8-5-9(2)16(15-8)12-6-11(13)4-3-10(12)7-14/h3-6H,1-2H3. The first-order chi connectivity index (χ1) is 7.61. The van der Waals surface area contributed by atoms with E-state index in [0.717, 1.165) is 17.1 Å². The van der Waals surface area contributed by atoms with Gasteiger partial charge >= 0.3 is 0 Å². The average Bonchev–Trinajstić information content (AvgIpc) is 2.57. The Morgan fingerprint density at radius 1 is 1.31 bits per heavy atom. The van der Waals surface area contributed by atoms with Gasteiger partial charge in [0.05, 0.1) is 16.9 Å². The van der Waals surface area contributed by atoms with Gasteiger partial charge in [-0.1, -0.05) is 11.6 Å². The molecule has 80 valence electrons. The first-order valence-corrected chi connectivity index (χ1v) is 5.23. The Morgan fingerprint density at radius 3 is 2.62 bits per heavy atom. The van der Waals surface area contributed by atoms with E-state index in [2.05, 4.69) is 11.2 Å². The van der Waals surface area contributed by atoms with Gasteiger partial charge in [-0.15, -0.1) is 0 Å². The van der Waals surface area contributed by atoms with E-state index in [1.807, 2.05) is 19.9 Å². The van der Waals surface area contributed by atoms with Crippen LogP contribution in [0.4, 0.5) is 0 Å². The van der Waals surface area contributed by atoms with E-state index in [0.29, 0.717) is 10.6 Å². The second-order valence-electron chi connectivity index (χ2n) is 3.61. The Balaban J connectivity index is 2.68. The summed E-state index contributed by atoms with van der Waals surface area (Å²) >= 11 is 5.93. The smallest absolute Gasteiger partial charge is 0.101 e. The zero-order valence-corrected chi connectivity index (χ0v) is 9.78. The molecule has 0 atom stereocenters. The van der Waals surface area contributed by atoms with Crippen molar-refractivity contribution in [2.45, 2.75) is 13.8 Å². The van der Waals surface area contributed by atoms with Crippen LogP contribution in [0.3, 0.4) is 0 Å². The predicted molar refractivity (Wildman–Crippen MR) is 62.8 cm³/mol. The van der Waals surface area contributed by atoms with Gasteiger partial charge in [-0.05, 0) is 38.1 Å². The summed E-state index contributed by atoms with van der Waals surface area (Å²) < 4.78 is 1.74. The van der Waals surface area contributed by atoms with Crippen molar-refractivity contribution >= 4 is 11.6 Å². The quantitative estimate of drug-likeness (QED) is 0.757. The van der Waals surface area contributed by atoms with Crippen molar-refractivity contribution in [2.24, 2.45) is 0 Å². The van der Waals surface area contributed by atoms with Gasteiger partial charge in [-0.2, -0.15) is 10.4 Å². The molecule has 0 N–H and O–H groups in total. The van der Waals surface area contributed by atoms with E-state index >= 15 is 0 Å². The van der Waals surface area contributed by atoms with Crippen molar-refractivity contribution in [3.63, 3.8) is 0 Å². The minimum absolute atomic E-state index is 0.565. The second kappa shape index (κ2) is 3.99. The summed E-state index contributed by atoms with van der Waals surface area (Å²) in [5.74, 6) is 0.